The molecular formula is C26H25F3N6O. The van der Waals surface area contributed by atoms with Crippen LogP contribution in [0.15, 0.2) is 66.9 Å². The zero-order valence-electron chi connectivity index (χ0n) is 19.8. The van der Waals surface area contributed by atoms with E-state index in [4.69, 9.17) is 0 Å². The van der Waals surface area contributed by atoms with Gasteiger partial charge in [-0.25, -0.2) is 4.68 Å². The second kappa shape index (κ2) is 9.18. The summed E-state index contributed by atoms with van der Waals surface area (Å²) in [5.41, 5.74) is 3.69. The molecule has 5 rings (SSSR count). The quantitative estimate of drug-likeness (QED) is 0.376. The standard InChI is InChI=1S/C26H25F3N6O/c1-16-23(17(2)34(33-16)15-18-9-5-3-6-10-18)32-25(36)20-14-30-35-22(26(27,28)29)13-21(31-24(20)35)19-11-7-4-8-12-19/h3-12,14,21-22,31H,13,15H2,1-2H3,(H,32,36). The summed E-state index contributed by atoms with van der Waals surface area (Å²) < 4.78 is 44.5. The van der Waals surface area contributed by atoms with Crippen LogP contribution in [0.1, 0.15) is 51.4 Å². The fraction of sp³-hybridized carbons (Fsp3) is 0.269. The van der Waals surface area contributed by atoms with E-state index in [0.717, 1.165) is 15.9 Å². The molecule has 7 nitrogen and oxygen atoms in total. The van der Waals surface area contributed by atoms with Crippen molar-refractivity contribution in [3.8, 4) is 0 Å². The van der Waals surface area contributed by atoms with Gasteiger partial charge in [-0.3, -0.25) is 9.48 Å². The third-order valence-corrected chi connectivity index (χ3v) is 6.48. The summed E-state index contributed by atoms with van der Waals surface area (Å²) in [7, 11) is 0. The second-order valence-corrected chi connectivity index (χ2v) is 8.90. The Morgan fingerprint density at radius 3 is 2.42 bits per heavy atom. The highest BCUT2D eigenvalue weighted by Gasteiger charge is 2.47. The van der Waals surface area contributed by atoms with Crippen LogP contribution in [0.2, 0.25) is 0 Å². The zero-order valence-corrected chi connectivity index (χ0v) is 19.8. The Labute approximate surface area is 205 Å². The molecule has 0 bridgehead atoms. The molecule has 4 aromatic rings. The molecule has 0 saturated heterocycles. The van der Waals surface area contributed by atoms with Crippen molar-refractivity contribution in [1.29, 1.82) is 0 Å². The molecule has 1 aliphatic rings. The number of hydrogen-bond acceptors (Lipinski definition) is 4. The molecule has 1 amide bonds. The summed E-state index contributed by atoms with van der Waals surface area (Å²) in [5.74, 6) is -0.509. The summed E-state index contributed by atoms with van der Waals surface area (Å²) in [6.45, 7) is 4.15. The van der Waals surface area contributed by atoms with Gasteiger partial charge in [-0.2, -0.15) is 23.4 Å². The van der Waals surface area contributed by atoms with Crippen molar-refractivity contribution < 1.29 is 18.0 Å². The molecule has 2 aromatic carbocycles. The molecular weight excluding hydrogens is 469 g/mol. The summed E-state index contributed by atoms with van der Waals surface area (Å²) in [4.78, 5) is 13.3. The van der Waals surface area contributed by atoms with Gasteiger partial charge in [-0.05, 0) is 25.0 Å². The minimum atomic E-state index is -4.52. The third kappa shape index (κ3) is 4.46. The molecule has 0 saturated carbocycles. The number of rotatable bonds is 5. The number of halogens is 3. The normalized spacial score (nSPS) is 17.4. The van der Waals surface area contributed by atoms with Crippen LogP contribution in [0, 0.1) is 13.8 Å². The number of nitrogens with one attached hydrogen (secondary N) is 2. The fourth-order valence-corrected chi connectivity index (χ4v) is 4.60. The lowest BCUT2D eigenvalue weighted by atomic mass is 9.96. The molecule has 2 aromatic heterocycles. The largest absolute Gasteiger partial charge is 0.410 e. The van der Waals surface area contributed by atoms with E-state index in [1.165, 1.54) is 6.20 Å². The van der Waals surface area contributed by atoms with Gasteiger partial charge >= 0.3 is 6.18 Å². The maximum absolute atomic E-state index is 14.0. The molecule has 1 aliphatic heterocycles. The molecule has 0 spiro atoms. The third-order valence-electron chi connectivity index (χ3n) is 6.48. The minimum Gasteiger partial charge on any atom is -0.363 e. The van der Waals surface area contributed by atoms with Gasteiger partial charge in [-0.15, -0.1) is 0 Å². The number of benzene rings is 2. The number of amides is 1. The highest BCUT2D eigenvalue weighted by molar-refractivity contribution is 6.08. The van der Waals surface area contributed by atoms with E-state index >= 15 is 0 Å². The monoisotopic (exact) mass is 494 g/mol. The number of carbonyl (C=O) groups is 1. The van der Waals surface area contributed by atoms with Gasteiger partial charge in [-0.1, -0.05) is 60.7 Å². The average Bonchev–Trinajstić information content (AvgIpc) is 3.40. The maximum Gasteiger partial charge on any atom is 0.410 e. The van der Waals surface area contributed by atoms with E-state index < -0.39 is 24.2 Å². The highest BCUT2D eigenvalue weighted by Crippen LogP contribution is 2.44. The van der Waals surface area contributed by atoms with Crippen LogP contribution in [0.5, 0.6) is 0 Å². The van der Waals surface area contributed by atoms with Crippen molar-refractivity contribution in [2.24, 2.45) is 0 Å². The number of hydrogen-bond donors (Lipinski definition) is 2. The second-order valence-electron chi connectivity index (χ2n) is 8.90. The van der Waals surface area contributed by atoms with Crippen molar-refractivity contribution in [1.82, 2.24) is 19.6 Å². The van der Waals surface area contributed by atoms with E-state index in [2.05, 4.69) is 20.8 Å². The highest BCUT2D eigenvalue weighted by atomic mass is 19.4. The van der Waals surface area contributed by atoms with Gasteiger partial charge in [0.1, 0.15) is 11.4 Å². The topological polar surface area (TPSA) is 76.8 Å². The molecule has 0 fully saturated rings. The van der Waals surface area contributed by atoms with E-state index in [1.807, 2.05) is 37.3 Å². The van der Waals surface area contributed by atoms with Crippen molar-refractivity contribution in [3.05, 3.63) is 94.9 Å². The Balaban J connectivity index is 1.44. The average molecular weight is 495 g/mol. The summed E-state index contributed by atoms with van der Waals surface area (Å²) in [6, 6.07) is 16.2. The molecule has 2 unspecified atom stereocenters. The molecule has 0 aliphatic carbocycles. The lowest BCUT2D eigenvalue weighted by Gasteiger charge is -2.34. The molecule has 2 N–H and O–H groups in total. The predicted molar refractivity (Wildman–Crippen MR) is 130 cm³/mol. The fourth-order valence-electron chi connectivity index (χ4n) is 4.60. The van der Waals surface area contributed by atoms with Crippen LogP contribution in [-0.2, 0) is 6.54 Å². The van der Waals surface area contributed by atoms with Gasteiger partial charge in [0.05, 0.1) is 35.9 Å². The van der Waals surface area contributed by atoms with Crippen LogP contribution in [-0.4, -0.2) is 31.6 Å². The van der Waals surface area contributed by atoms with Crippen LogP contribution in [0.4, 0.5) is 24.7 Å². The van der Waals surface area contributed by atoms with E-state index in [1.54, 1.807) is 41.9 Å². The van der Waals surface area contributed by atoms with Gasteiger partial charge in [0.25, 0.3) is 5.91 Å². The molecule has 36 heavy (non-hydrogen) atoms. The maximum atomic E-state index is 14.0. The first-order chi connectivity index (χ1) is 17.2. The molecule has 0 radical (unpaired) electrons. The molecule has 10 heteroatoms. The Hall–Kier alpha value is -4.08. The first kappa shape index (κ1) is 23.7. The number of anilines is 2. The summed E-state index contributed by atoms with van der Waals surface area (Å²) >= 11 is 0. The van der Waals surface area contributed by atoms with Gasteiger partial charge in [0, 0.05) is 6.42 Å². The molecule has 186 valence electrons. The summed E-state index contributed by atoms with van der Waals surface area (Å²) in [6.07, 6.45) is -3.56. The number of alkyl halides is 3. The van der Waals surface area contributed by atoms with Crippen LogP contribution >= 0.6 is 0 Å². The van der Waals surface area contributed by atoms with Crippen molar-refractivity contribution in [2.45, 2.75) is 45.1 Å². The van der Waals surface area contributed by atoms with Crippen molar-refractivity contribution in [2.75, 3.05) is 10.6 Å². The number of aromatic nitrogens is 4. The van der Waals surface area contributed by atoms with E-state index in [-0.39, 0.29) is 17.8 Å². The van der Waals surface area contributed by atoms with Crippen LogP contribution in [0.25, 0.3) is 0 Å². The van der Waals surface area contributed by atoms with Crippen LogP contribution < -0.4 is 10.6 Å². The van der Waals surface area contributed by atoms with Crippen molar-refractivity contribution in [3.63, 3.8) is 0 Å². The Morgan fingerprint density at radius 2 is 1.75 bits per heavy atom. The Kier molecular flexibility index (Phi) is 6.03. The smallest absolute Gasteiger partial charge is 0.363 e. The lowest BCUT2D eigenvalue weighted by molar-refractivity contribution is -0.173. The number of carbonyl (C=O) groups excluding carboxylic acids is 1. The number of nitrogens with zero attached hydrogens (tertiary/aromatic N) is 4. The van der Waals surface area contributed by atoms with Gasteiger partial charge in [0.2, 0.25) is 0 Å². The first-order valence-corrected chi connectivity index (χ1v) is 11.6. The predicted octanol–water partition coefficient (Wildman–Crippen LogP) is 5.66. The summed E-state index contributed by atoms with van der Waals surface area (Å²) in [5, 5.41) is 14.5. The number of fused-ring (bicyclic) bond motifs is 1. The van der Waals surface area contributed by atoms with Gasteiger partial charge in [0.15, 0.2) is 6.04 Å². The minimum absolute atomic E-state index is 0.0412. The van der Waals surface area contributed by atoms with E-state index in [9.17, 15) is 18.0 Å². The van der Waals surface area contributed by atoms with Gasteiger partial charge < -0.3 is 10.6 Å². The molecule has 3 heterocycles. The first-order valence-electron chi connectivity index (χ1n) is 11.6. The Morgan fingerprint density at radius 1 is 1.08 bits per heavy atom. The lowest BCUT2D eigenvalue weighted by Crippen LogP contribution is -2.36. The zero-order chi connectivity index (χ0) is 25.4. The number of aryl methyl sites for hydroxylation is 1. The Bertz CT molecular complexity index is 1380. The molecule has 2 atom stereocenters. The van der Waals surface area contributed by atoms with E-state index in [0.29, 0.717) is 23.5 Å². The van der Waals surface area contributed by atoms with Crippen LogP contribution in [0.3, 0.4) is 0 Å². The van der Waals surface area contributed by atoms with Crippen molar-refractivity contribution >= 4 is 17.4 Å². The SMILES string of the molecule is Cc1nn(Cc2ccccc2)c(C)c1NC(=O)c1cnn2c1NC(c1ccccc1)CC2C(F)(F)F.